The molecule has 2 aromatic carbocycles. The summed E-state index contributed by atoms with van der Waals surface area (Å²) in [7, 11) is 3.26. The molecular weight excluding hydrogens is 789 g/mol. The molecule has 0 radical (unpaired) electrons. The molecule has 2 aliphatic carbocycles. The summed E-state index contributed by atoms with van der Waals surface area (Å²) in [6, 6.07) is 13.2. The Morgan fingerprint density at radius 1 is 0.855 bits per heavy atom. The molecule has 16 heteroatoms. The first-order valence-corrected chi connectivity index (χ1v) is 22.4. The maximum absolute atomic E-state index is 13.1. The van der Waals surface area contributed by atoms with Gasteiger partial charge in [-0.3, -0.25) is 43.6 Å². The van der Waals surface area contributed by atoms with Crippen molar-refractivity contribution in [1.82, 2.24) is 39.0 Å². The van der Waals surface area contributed by atoms with Gasteiger partial charge < -0.3 is 24.4 Å². The van der Waals surface area contributed by atoms with Crippen LogP contribution in [-0.4, -0.2) is 110 Å². The molecule has 3 amide bonds. The predicted octanol–water partition coefficient (Wildman–Crippen LogP) is 4.80. The molecule has 5 aromatic rings. The van der Waals surface area contributed by atoms with E-state index in [1.165, 1.54) is 71.7 Å². The molecule has 5 fully saturated rings. The molecule has 2 saturated carbocycles. The zero-order valence-corrected chi connectivity index (χ0v) is 35.8. The van der Waals surface area contributed by atoms with Gasteiger partial charge in [0.05, 0.1) is 35.4 Å². The van der Waals surface area contributed by atoms with Crippen molar-refractivity contribution >= 4 is 51.0 Å². The number of aromatic amines is 1. The van der Waals surface area contributed by atoms with Crippen molar-refractivity contribution in [1.29, 1.82) is 0 Å². The number of nitrogens with one attached hydrogen (secondary N) is 3. The number of benzene rings is 2. The number of likely N-dealkylation sites (tertiary alicyclic amines) is 1. The third kappa shape index (κ3) is 8.67. The molecule has 3 saturated heterocycles. The predicted molar refractivity (Wildman–Crippen MR) is 238 cm³/mol. The number of rotatable bonds is 9. The number of hydrogen-bond acceptors (Lipinski definition) is 10. The molecule has 0 bridgehead atoms. The summed E-state index contributed by atoms with van der Waals surface area (Å²) >= 11 is 0. The van der Waals surface area contributed by atoms with Crippen LogP contribution in [0.4, 0.5) is 11.4 Å². The van der Waals surface area contributed by atoms with Gasteiger partial charge in [0.15, 0.2) is 0 Å². The van der Waals surface area contributed by atoms with Crippen molar-refractivity contribution in [3.8, 4) is 5.75 Å². The number of methoxy groups -OCH3 is 1. The Bertz CT molecular complexity index is 2570. The van der Waals surface area contributed by atoms with E-state index in [2.05, 4.69) is 47.7 Å². The second kappa shape index (κ2) is 17.9. The maximum Gasteiger partial charge on any atom is 0.329 e. The number of imide groups is 1. The highest BCUT2D eigenvalue weighted by atomic mass is 16.5. The number of anilines is 2. The Morgan fingerprint density at radius 2 is 1.63 bits per heavy atom. The fourth-order valence-corrected chi connectivity index (χ4v) is 10.1. The zero-order valence-electron chi connectivity index (χ0n) is 35.8. The van der Waals surface area contributed by atoms with Gasteiger partial charge in [0.25, 0.3) is 11.5 Å². The molecule has 3 aromatic heterocycles. The van der Waals surface area contributed by atoms with Gasteiger partial charge in [0.2, 0.25) is 11.8 Å². The van der Waals surface area contributed by atoms with E-state index >= 15 is 0 Å². The van der Waals surface area contributed by atoms with Crippen molar-refractivity contribution in [2.24, 2.45) is 13.0 Å². The van der Waals surface area contributed by atoms with E-state index in [4.69, 9.17) is 4.74 Å². The summed E-state index contributed by atoms with van der Waals surface area (Å²) in [5.74, 6) is 0.298. The van der Waals surface area contributed by atoms with E-state index in [-0.39, 0.29) is 41.2 Å². The molecule has 3 aliphatic heterocycles. The fraction of sp³-hybridized carbons (Fsp3) is 0.522. The number of piperazine rings is 1. The highest BCUT2D eigenvalue weighted by Gasteiger charge is 2.33. The normalized spacial score (nSPS) is 20.9. The number of hydrogen-bond donors (Lipinski definition) is 3. The smallest absolute Gasteiger partial charge is 0.329 e. The van der Waals surface area contributed by atoms with Crippen LogP contribution in [0.25, 0.3) is 21.9 Å². The van der Waals surface area contributed by atoms with Crippen LogP contribution in [0.1, 0.15) is 93.1 Å². The Balaban J connectivity index is 0.000000175. The minimum Gasteiger partial charge on any atom is -0.496 e. The molecule has 3 N–H and O–H groups in total. The van der Waals surface area contributed by atoms with Crippen LogP contribution >= 0.6 is 0 Å². The molecular formula is C46H58N10O6. The first-order chi connectivity index (χ1) is 30.1. The van der Waals surface area contributed by atoms with E-state index in [1.807, 2.05) is 6.07 Å². The number of imidazole rings is 1. The lowest BCUT2D eigenvalue weighted by Crippen LogP contribution is -2.53. The Hall–Kier alpha value is -5.74. The lowest BCUT2D eigenvalue weighted by atomic mass is 9.88. The molecule has 5 aliphatic rings. The maximum atomic E-state index is 13.1. The molecule has 328 valence electrons. The molecule has 1 unspecified atom stereocenters. The second-order valence-electron chi connectivity index (χ2n) is 17.7. The van der Waals surface area contributed by atoms with Gasteiger partial charge in [0, 0.05) is 81.6 Å². The van der Waals surface area contributed by atoms with Crippen LogP contribution in [0.15, 0.2) is 64.4 Å². The van der Waals surface area contributed by atoms with Crippen LogP contribution in [0.3, 0.4) is 0 Å². The fourth-order valence-electron chi connectivity index (χ4n) is 10.1. The van der Waals surface area contributed by atoms with E-state index in [0.717, 1.165) is 72.6 Å². The third-order valence-corrected chi connectivity index (χ3v) is 13.8. The number of nitrogens with zero attached hydrogens (tertiary/aromatic N) is 7. The van der Waals surface area contributed by atoms with Gasteiger partial charge in [-0.25, -0.2) is 4.79 Å². The molecule has 62 heavy (non-hydrogen) atoms. The van der Waals surface area contributed by atoms with Crippen LogP contribution < -0.4 is 31.5 Å². The number of ether oxygens (including phenoxy) is 1. The SMILES string of the molecule is COc1cc2[nH]ncc2cc1C(=O)Nc1cccn(C2CC2)c1=O.Cn1c(=O)n(C2CCC(=O)NC2=O)c2ccc(N3CCN(C4CCN(CC5CCCCC5)CC4)CC3)cc21. The molecule has 1 atom stereocenters. The Kier molecular flexibility index (Phi) is 12.0. The van der Waals surface area contributed by atoms with Crippen LogP contribution in [0.5, 0.6) is 5.75 Å². The first kappa shape index (κ1) is 41.6. The number of fused-ring (bicyclic) bond motifs is 2. The summed E-state index contributed by atoms with van der Waals surface area (Å²) < 4.78 is 10.1. The molecule has 6 heterocycles. The minimum absolute atomic E-state index is 0.184. The van der Waals surface area contributed by atoms with Gasteiger partial charge in [-0.05, 0) is 100 Å². The minimum atomic E-state index is -0.646. The summed E-state index contributed by atoms with van der Waals surface area (Å²) in [5.41, 5.74) is 3.69. The van der Waals surface area contributed by atoms with E-state index in [0.29, 0.717) is 23.8 Å². The number of carbonyl (C=O) groups excluding carboxylic acids is 3. The average Bonchev–Trinajstić information content (AvgIpc) is 3.98. The van der Waals surface area contributed by atoms with Crippen molar-refractivity contribution in [2.75, 3.05) is 63.1 Å². The van der Waals surface area contributed by atoms with Crippen molar-refractivity contribution in [2.45, 2.75) is 88.8 Å². The van der Waals surface area contributed by atoms with Crippen LogP contribution in [0, 0.1) is 5.92 Å². The standard InChI is InChI=1S/C29H42N6O3.C17H16N4O3/c1-31-26-19-23(7-8-24(26)35(29(31)38)25-9-10-27(36)30-28(25)37)34-17-15-33(16-18-34)22-11-13-32(14-12-22)20-21-5-3-2-4-6-21;1-24-15-8-14-10(9-18-20-14)7-12(15)16(22)19-13-3-2-6-21(17(13)23)11-4-5-11/h7-8,19,21-22,25H,2-6,9-18,20H2,1H3,(H,30,36,37);2-3,6-9,11H,4-5H2,1H3,(H,18,20)(H,19,22). The highest BCUT2D eigenvalue weighted by Crippen LogP contribution is 2.34. The topological polar surface area (TPSA) is 172 Å². The van der Waals surface area contributed by atoms with Crippen molar-refractivity contribution in [3.63, 3.8) is 0 Å². The number of piperidine rings is 2. The summed E-state index contributed by atoms with van der Waals surface area (Å²) in [6.07, 6.45) is 15.7. The average molecular weight is 847 g/mol. The quantitative estimate of drug-likeness (QED) is 0.175. The van der Waals surface area contributed by atoms with Gasteiger partial charge in [-0.1, -0.05) is 19.3 Å². The number of aromatic nitrogens is 5. The number of H-pyrrole nitrogens is 1. The zero-order chi connectivity index (χ0) is 42.9. The number of pyridine rings is 1. The summed E-state index contributed by atoms with van der Waals surface area (Å²) in [5, 5.41) is 12.7. The molecule has 0 spiro atoms. The number of carbonyl (C=O) groups is 3. The number of amides is 3. The van der Waals surface area contributed by atoms with E-state index in [9.17, 15) is 24.0 Å². The monoisotopic (exact) mass is 846 g/mol. The molecule has 16 nitrogen and oxygen atoms in total. The molecule has 10 rings (SSSR count). The number of aryl methyl sites for hydroxylation is 1. The summed E-state index contributed by atoms with van der Waals surface area (Å²) in [6.45, 7) is 7.91. The van der Waals surface area contributed by atoms with E-state index in [1.54, 1.807) is 57.4 Å². The Morgan fingerprint density at radius 3 is 2.35 bits per heavy atom. The van der Waals surface area contributed by atoms with Gasteiger partial charge in [-0.2, -0.15) is 5.10 Å². The second-order valence-corrected chi connectivity index (χ2v) is 17.7. The highest BCUT2D eigenvalue weighted by molar-refractivity contribution is 6.08. The lowest BCUT2D eigenvalue weighted by Gasteiger charge is -2.44. The van der Waals surface area contributed by atoms with Crippen LogP contribution in [0.2, 0.25) is 0 Å². The largest absolute Gasteiger partial charge is 0.496 e. The van der Waals surface area contributed by atoms with Gasteiger partial charge in [0.1, 0.15) is 17.5 Å². The Labute approximate surface area is 360 Å². The van der Waals surface area contributed by atoms with E-state index < -0.39 is 11.9 Å². The third-order valence-electron chi connectivity index (χ3n) is 13.8. The van der Waals surface area contributed by atoms with Crippen LogP contribution in [-0.2, 0) is 16.6 Å². The lowest BCUT2D eigenvalue weighted by molar-refractivity contribution is -0.135. The van der Waals surface area contributed by atoms with Crippen molar-refractivity contribution < 1.29 is 19.1 Å². The first-order valence-electron chi connectivity index (χ1n) is 22.4. The van der Waals surface area contributed by atoms with Gasteiger partial charge in [-0.15, -0.1) is 0 Å². The van der Waals surface area contributed by atoms with Crippen molar-refractivity contribution in [3.05, 3.63) is 81.3 Å². The van der Waals surface area contributed by atoms with Gasteiger partial charge >= 0.3 is 5.69 Å². The summed E-state index contributed by atoms with van der Waals surface area (Å²) in [4.78, 5) is 70.1.